The van der Waals surface area contributed by atoms with Crippen LogP contribution in [0.1, 0.15) is 17.0 Å². The second kappa shape index (κ2) is 9.13. The first-order valence-corrected chi connectivity index (χ1v) is 8.49. The van der Waals surface area contributed by atoms with Crippen molar-refractivity contribution in [3.8, 4) is 0 Å². The minimum absolute atomic E-state index is 0.0477. The first-order valence-electron chi connectivity index (χ1n) is 8.49. The van der Waals surface area contributed by atoms with Crippen molar-refractivity contribution in [1.82, 2.24) is 20.2 Å². The van der Waals surface area contributed by atoms with Gasteiger partial charge in [-0.25, -0.2) is 9.97 Å². The monoisotopic (exact) mass is 341 g/mol. The van der Waals surface area contributed by atoms with Gasteiger partial charge in [0.05, 0.1) is 0 Å². The molecular weight excluding hydrogens is 314 g/mol. The molecule has 2 aromatic rings. The molecule has 0 unspecified atom stereocenters. The molecule has 2 rings (SSSR count). The van der Waals surface area contributed by atoms with Crippen molar-refractivity contribution in [2.24, 2.45) is 0 Å². The summed E-state index contributed by atoms with van der Waals surface area (Å²) in [6.45, 7) is 5.24. The molecule has 0 spiro atoms. The Balaban J connectivity index is 2.11. The van der Waals surface area contributed by atoms with Crippen LogP contribution in [-0.4, -0.2) is 54.0 Å². The Morgan fingerprint density at radius 2 is 1.76 bits per heavy atom. The molecule has 0 aliphatic heterocycles. The van der Waals surface area contributed by atoms with E-state index in [9.17, 15) is 4.79 Å². The zero-order valence-electron chi connectivity index (χ0n) is 15.4. The quantitative estimate of drug-likeness (QED) is 0.766. The highest BCUT2D eigenvalue weighted by Crippen LogP contribution is 2.10. The van der Waals surface area contributed by atoms with Crippen molar-refractivity contribution in [2.75, 3.05) is 32.5 Å². The summed E-state index contributed by atoms with van der Waals surface area (Å²) in [5.41, 5.74) is 2.84. The number of hydrogen-bond acceptors (Lipinski definition) is 5. The van der Waals surface area contributed by atoms with E-state index in [1.165, 1.54) is 0 Å². The third kappa shape index (κ3) is 6.51. The van der Waals surface area contributed by atoms with Gasteiger partial charge >= 0.3 is 0 Å². The Hall–Kier alpha value is -2.47. The summed E-state index contributed by atoms with van der Waals surface area (Å²) >= 11 is 0. The zero-order valence-corrected chi connectivity index (χ0v) is 15.4. The third-order valence-electron chi connectivity index (χ3n) is 3.74. The van der Waals surface area contributed by atoms with Gasteiger partial charge < -0.3 is 15.5 Å². The summed E-state index contributed by atoms with van der Waals surface area (Å²) < 4.78 is 0. The molecule has 6 heteroatoms. The lowest BCUT2D eigenvalue weighted by atomic mass is 10.1. The van der Waals surface area contributed by atoms with E-state index in [0.29, 0.717) is 18.9 Å². The average molecular weight is 341 g/mol. The maximum atomic E-state index is 12.7. The van der Waals surface area contributed by atoms with Crippen LogP contribution in [0.2, 0.25) is 0 Å². The van der Waals surface area contributed by atoms with Crippen molar-refractivity contribution in [1.29, 1.82) is 0 Å². The summed E-state index contributed by atoms with van der Waals surface area (Å²) in [5, 5.41) is 6.18. The molecule has 1 atom stereocenters. The molecule has 1 amide bonds. The summed E-state index contributed by atoms with van der Waals surface area (Å²) in [6, 6.07) is 11.4. The Morgan fingerprint density at radius 1 is 1.12 bits per heavy atom. The van der Waals surface area contributed by atoms with Crippen LogP contribution >= 0.6 is 0 Å². The van der Waals surface area contributed by atoms with Gasteiger partial charge in [0.15, 0.2) is 0 Å². The van der Waals surface area contributed by atoms with Crippen LogP contribution in [0.5, 0.6) is 0 Å². The molecule has 0 fully saturated rings. The van der Waals surface area contributed by atoms with Crippen molar-refractivity contribution in [2.45, 2.75) is 26.3 Å². The average Bonchev–Trinajstić information content (AvgIpc) is 2.54. The standard InChI is InChI=1S/C19H27N5O/c1-14-12-15(2)22-19(21-14)23-17(13-16-8-6-5-7-9-16)18(25)20-10-11-24(3)4/h5-9,12,17H,10-11,13H2,1-4H3,(H,20,25)(H,21,22,23)/t17-/m0/s1. The summed E-state index contributed by atoms with van der Waals surface area (Å²) in [6.07, 6.45) is 0.574. The summed E-state index contributed by atoms with van der Waals surface area (Å²) in [7, 11) is 3.96. The van der Waals surface area contributed by atoms with E-state index in [0.717, 1.165) is 23.5 Å². The number of rotatable bonds is 8. The van der Waals surface area contributed by atoms with Gasteiger partial charge in [0.2, 0.25) is 11.9 Å². The third-order valence-corrected chi connectivity index (χ3v) is 3.74. The number of carbonyl (C=O) groups is 1. The van der Waals surface area contributed by atoms with Crippen molar-refractivity contribution in [3.63, 3.8) is 0 Å². The molecule has 6 nitrogen and oxygen atoms in total. The number of amides is 1. The summed E-state index contributed by atoms with van der Waals surface area (Å²) in [4.78, 5) is 23.5. The maximum absolute atomic E-state index is 12.7. The van der Waals surface area contributed by atoms with E-state index in [1.54, 1.807) is 0 Å². The number of nitrogens with zero attached hydrogens (tertiary/aromatic N) is 3. The molecule has 2 N–H and O–H groups in total. The fourth-order valence-electron chi connectivity index (χ4n) is 2.53. The van der Waals surface area contributed by atoms with Gasteiger partial charge in [-0.05, 0) is 39.6 Å². The zero-order chi connectivity index (χ0) is 18.2. The van der Waals surface area contributed by atoms with Gasteiger partial charge in [0, 0.05) is 30.9 Å². The number of aryl methyl sites for hydroxylation is 2. The lowest BCUT2D eigenvalue weighted by Crippen LogP contribution is -2.43. The molecule has 0 bridgehead atoms. The lowest BCUT2D eigenvalue weighted by Gasteiger charge is -2.20. The van der Waals surface area contributed by atoms with E-state index in [-0.39, 0.29) is 5.91 Å². The number of anilines is 1. The highest BCUT2D eigenvalue weighted by atomic mass is 16.2. The minimum Gasteiger partial charge on any atom is -0.353 e. The van der Waals surface area contributed by atoms with Crippen LogP contribution in [0.4, 0.5) is 5.95 Å². The second-order valence-electron chi connectivity index (χ2n) is 6.46. The van der Waals surface area contributed by atoms with E-state index in [2.05, 4.69) is 20.6 Å². The maximum Gasteiger partial charge on any atom is 0.242 e. The largest absolute Gasteiger partial charge is 0.353 e. The number of carbonyl (C=O) groups excluding carboxylic acids is 1. The highest BCUT2D eigenvalue weighted by Gasteiger charge is 2.20. The van der Waals surface area contributed by atoms with E-state index in [1.807, 2.05) is 69.2 Å². The molecule has 0 saturated carbocycles. The molecule has 25 heavy (non-hydrogen) atoms. The van der Waals surface area contributed by atoms with Crippen LogP contribution in [0, 0.1) is 13.8 Å². The van der Waals surface area contributed by atoms with Crippen LogP contribution in [-0.2, 0) is 11.2 Å². The second-order valence-corrected chi connectivity index (χ2v) is 6.46. The molecule has 1 heterocycles. The fourth-order valence-corrected chi connectivity index (χ4v) is 2.53. The molecule has 0 aliphatic carbocycles. The SMILES string of the molecule is Cc1cc(C)nc(N[C@@H](Cc2ccccc2)C(=O)NCCN(C)C)n1. The number of nitrogens with one attached hydrogen (secondary N) is 2. The van der Waals surface area contributed by atoms with Crippen LogP contribution in [0.3, 0.4) is 0 Å². The van der Waals surface area contributed by atoms with Crippen molar-refractivity contribution in [3.05, 3.63) is 53.3 Å². The molecule has 134 valence electrons. The van der Waals surface area contributed by atoms with E-state index >= 15 is 0 Å². The molecule has 0 radical (unpaired) electrons. The Labute approximate surface area is 149 Å². The number of aromatic nitrogens is 2. The first-order chi connectivity index (χ1) is 11.9. The van der Waals surface area contributed by atoms with Gasteiger partial charge in [-0.15, -0.1) is 0 Å². The Bertz CT molecular complexity index is 667. The van der Waals surface area contributed by atoms with Crippen LogP contribution in [0.15, 0.2) is 36.4 Å². The smallest absolute Gasteiger partial charge is 0.242 e. The van der Waals surface area contributed by atoms with Gasteiger partial charge in [-0.1, -0.05) is 30.3 Å². The van der Waals surface area contributed by atoms with Gasteiger partial charge in [0.1, 0.15) is 6.04 Å². The Kier molecular flexibility index (Phi) is 6.89. The molecular formula is C19H27N5O. The molecule has 0 saturated heterocycles. The van der Waals surface area contributed by atoms with Crippen molar-refractivity contribution < 1.29 is 4.79 Å². The molecule has 1 aromatic heterocycles. The van der Waals surface area contributed by atoms with Gasteiger partial charge in [-0.3, -0.25) is 4.79 Å². The predicted octanol–water partition coefficient (Wildman–Crippen LogP) is 1.79. The van der Waals surface area contributed by atoms with Crippen LogP contribution < -0.4 is 10.6 Å². The Morgan fingerprint density at radius 3 is 2.36 bits per heavy atom. The van der Waals surface area contributed by atoms with Gasteiger partial charge in [0.25, 0.3) is 0 Å². The molecule has 0 aliphatic rings. The highest BCUT2D eigenvalue weighted by molar-refractivity contribution is 5.84. The summed E-state index contributed by atoms with van der Waals surface area (Å²) in [5.74, 6) is 0.439. The van der Waals surface area contributed by atoms with Gasteiger partial charge in [-0.2, -0.15) is 0 Å². The number of benzene rings is 1. The number of hydrogen-bond donors (Lipinski definition) is 2. The fraction of sp³-hybridized carbons (Fsp3) is 0.421. The van der Waals surface area contributed by atoms with Crippen LogP contribution in [0.25, 0.3) is 0 Å². The van der Waals surface area contributed by atoms with E-state index < -0.39 is 6.04 Å². The normalized spacial score (nSPS) is 12.0. The minimum atomic E-state index is -0.425. The predicted molar refractivity (Wildman–Crippen MR) is 101 cm³/mol. The number of likely N-dealkylation sites (N-methyl/N-ethyl adjacent to an activating group) is 1. The first kappa shape index (κ1) is 18.9. The topological polar surface area (TPSA) is 70.2 Å². The lowest BCUT2D eigenvalue weighted by molar-refractivity contribution is -0.121. The van der Waals surface area contributed by atoms with E-state index in [4.69, 9.17) is 0 Å². The van der Waals surface area contributed by atoms with Crippen molar-refractivity contribution >= 4 is 11.9 Å². The molecule has 1 aromatic carbocycles.